The molecule has 2 heterocycles. The molecule has 0 unspecified atom stereocenters. The molecule has 0 bridgehead atoms. The van der Waals surface area contributed by atoms with Gasteiger partial charge in [0.25, 0.3) is 0 Å². The zero-order chi connectivity index (χ0) is 21.1. The maximum atomic E-state index is 12.4. The van der Waals surface area contributed by atoms with E-state index in [1.54, 1.807) is 0 Å². The third-order valence-electron chi connectivity index (χ3n) is 6.59. The highest BCUT2D eigenvalue weighted by atomic mass is 16.5. The molecule has 7 heteroatoms. The Morgan fingerprint density at radius 3 is 2.73 bits per heavy atom. The Balaban J connectivity index is 1.18. The van der Waals surface area contributed by atoms with Gasteiger partial charge in [0, 0.05) is 44.8 Å². The topological polar surface area (TPSA) is 71.4 Å². The fourth-order valence-electron chi connectivity index (χ4n) is 4.82. The number of carbonyl (C=O) groups is 1. The lowest BCUT2D eigenvalue weighted by Crippen LogP contribution is -2.63. The van der Waals surface area contributed by atoms with Crippen LogP contribution in [0.4, 0.5) is 5.82 Å². The van der Waals surface area contributed by atoms with Crippen LogP contribution in [0.5, 0.6) is 0 Å². The number of nitrogens with zero attached hydrogens (tertiary/aromatic N) is 3. The molecule has 30 heavy (non-hydrogen) atoms. The van der Waals surface area contributed by atoms with E-state index in [2.05, 4.69) is 52.7 Å². The number of aromatic nitrogens is 2. The van der Waals surface area contributed by atoms with Crippen molar-refractivity contribution in [3.8, 4) is 0 Å². The van der Waals surface area contributed by atoms with Gasteiger partial charge in [-0.25, -0.2) is 0 Å². The molecule has 2 aliphatic rings. The van der Waals surface area contributed by atoms with E-state index in [1.807, 2.05) is 11.7 Å². The molecule has 1 saturated heterocycles. The molecule has 7 nitrogen and oxygen atoms in total. The third kappa shape index (κ3) is 4.78. The number of hydrogen-bond acceptors (Lipinski definition) is 5. The van der Waals surface area contributed by atoms with Gasteiger partial charge in [-0.1, -0.05) is 11.6 Å². The molecule has 2 fully saturated rings. The average molecular weight is 414 g/mol. The second-order valence-electron chi connectivity index (χ2n) is 8.90. The summed E-state index contributed by atoms with van der Waals surface area (Å²) in [6, 6.07) is 7.19. The standard InChI is InChI=1S/C23H35N5O2/c1-4-30-15-17-6-8-19(9-7-17)28-13-18(14-28)25-22(29)12-24-23-20-11-16(2)5-10-21(20)27(3)26-23/h5,10-11,17-19H,4,6-9,12-15H2,1-3H3,(H,24,26)(H,25,29)/t17-,19+. The van der Waals surface area contributed by atoms with Crippen LogP contribution in [0.2, 0.25) is 0 Å². The van der Waals surface area contributed by atoms with Crippen LogP contribution in [0.15, 0.2) is 18.2 Å². The molecule has 0 atom stereocenters. The molecular weight excluding hydrogens is 378 g/mol. The first kappa shape index (κ1) is 21.1. The summed E-state index contributed by atoms with van der Waals surface area (Å²) in [5.74, 6) is 1.53. The summed E-state index contributed by atoms with van der Waals surface area (Å²) >= 11 is 0. The van der Waals surface area contributed by atoms with Gasteiger partial charge in [-0.2, -0.15) is 5.10 Å². The zero-order valence-electron chi connectivity index (χ0n) is 18.5. The van der Waals surface area contributed by atoms with Crippen molar-refractivity contribution in [1.29, 1.82) is 0 Å². The number of nitrogens with one attached hydrogen (secondary N) is 2. The zero-order valence-corrected chi connectivity index (χ0v) is 18.5. The van der Waals surface area contributed by atoms with Crippen LogP contribution in [-0.2, 0) is 16.6 Å². The number of anilines is 1. The number of aryl methyl sites for hydroxylation is 2. The van der Waals surface area contributed by atoms with E-state index >= 15 is 0 Å². The normalized spacial score (nSPS) is 22.8. The summed E-state index contributed by atoms with van der Waals surface area (Å²) in [7, 11) is 1.93. The number of carbonyl (C=O) groups excluding carboxylic acids is 1. The van der Waals surface area contributed by atoms with Crippen molar-refractivity contribution >= 4 is 22.6 Å². The Kier molecular flexibility index (Phi) is 6.58. The molecular formula is C23H35N5O2. The van der Waals surface area contributed by atoms with Crippen molar-refractivity contribution in [2.45, 2.75) is 51.6 Å². The van der Waals surface area contributed by atoms with Crippen molar-refractivity contribution in [3.63, 3.8) is 0 Å². The third-order valence-corrected chi connectivity index (χ3v) is 6.59. The number of ether oxygens (including phenoxy) is 1. The summed E-state index contributed by atoms with van der Waals surface area (Å²) in [6.07, 6.45) is 5.04. The van der Waals surface area contributed by atoms with Gasteiger partial charge in [0.15, 0.2) is 5.82 Å². The van der Waals surface area contributed by atoms with Crippen LogP contribution in [-0.4, -0.2) is 65.5 Å². The predicted molar refractivity (Wildman–Crippen MR) is 120 cm³/mol. The highest BCUT2D eigenvalue weighted by Gasteiger charge is 2.35. The lowest BCUT2D eigenvalue weighted by molar-refractivity contribution is -0.121. The van der Waals surface area contributed by atoms with E-state index in [0.717, 1.165) is 48.9 Å². The maximum absolute atomic E-state index is 12.4. The summed E-state index contributed by atoms with van der Waals surface area (Å²) in [5, 5.41) is 12.0. The Labute approximate surface area is 179 Å². The van der Waals surface area contributed by atoms with E-state index in [0.29, 0.717) is 6.04 Å². The molecule has 1 saturated carbocycles. The first-order valence-electron chi connectivity index (χ1n) is 11.3. The van der Waals surface area contributed by atoms with E-state index in [9.17, 15) is 4.79 Å². The average Bonchev–Trinajstić information content (AvgIpc) is 3.02. The largest absolute Gasteiger partial charge is 0.381 e. The fourth-order valence-corrected chi connectivity index (χ4v) is 4.82. The molecule has 2 aromatic rings. The van der Waals surface area contributed by atoms with Gasteiger partial charge in [0.2, 0.25) is 5.91 Å². The molecule has 1 amide bonds. The summed E-state index contributed by atoms with van der Waals surface area (Å²) in [4.78, 5) is 14.9. The van der Waals surface area contributed by atoms with Crippen LogP contribution < -0.4 is 10.6 Å². The molecule has 0 radical (unpaired) electrons. The van der Waals surface area contributed by atoms with Crippen LogP contribution in [0.1, 0.15) is 38.2 Å². The molecule has 1 aliphatic heterocycles. The second-order valence-corrected chi connectivity index (χ2v) is 8.90. The highest BCUT2D eigenvalue weighted by molar-refractivity contribution is 5.92. The maximum Gasteiger partial charge on any atom is 0.239 e. The molecule has 1 aliphatic carbocycles. The summed E-state index contributed by atoms with van der Waals surface area (Å²) < 4.78 is 7.43. The Hall–Kier alpha value is -2.12. The van der Waals surface area contributed by atoms with Crippen molar-refractivity contribution in [2.75, 3.05) is 38.2 Å². The number of benzene rings is 1. The van der Waals surface area contributed by atoms with Gasteiger partial charge < -0.3 is 15.4 Å². The van der Waals surface area contributed by atoms with Gasteiger partial charge >= 0.3 is 0 Å². The summed E-state index contributed by atoms with van der Waals surface area (Å²) in [6.45, 7) is 8.06. The highest BCUT2D eigenvalue weighted by Crippen LogP contribution is 2.30. The summed E-state index contributed by atoms with van der Waals surface area (Å²) in [5.41, 5.74) is 2.25. The smallest absolute Gasteiger partial charge is 0.239 e. The first-order valence-corrected chi connectivity index (χ1v) is 11.3. The van der Waals surface area contributed by atoms with Gasteiger partial charge in [-0.15, -0.1) is 0 Å². The molecule has 1 aromatic carbocycles. The molecule has 2 N–H and O–H groups in total. The Morgan fingerprint density at radius 1 is 1.23 bits per heavy atom. The monoisotopic (exact) mass is 413 g/mol. The predicted octanol–water partition coefficient (Wildman–Crippen LogP) is 2.69. The number of hydrogen-bond donors (Lipinski definition) is 2. The number of likely N-dealkylation sites (tertiary alicyclic amines) is 1. The van der Waals surface area contributed by atoms with Crippen LogP contribution in [0, 0.1) is 12.8 Å². The van der Waals surface area contributed by atoms with Gasteiger partial charge in [-0.05, 0) is 57.6 Å². The minimum Gasteiger partial charge on any atom is -0.381 e. The van der Waals surface area contributed by atoms with Gasteiger partial charge in [0.05, 0.1) is 18.1 Å². The number of rotatable bonds is 8. The lowest BCUT2D eigenvalue weighted by atomic mass is 9.84. The number of amides is 1. The van der Waals surface area contributed by atoms with E-state index in [1.165, 1.54) is 31.2 Å². The Morgan fingerprint density at radius 2 is 2.00 bits per heavy atom. The quantitative estimate of drug-likeness (QED) is 0.696. The van der Waals surface area contributed by atoms with E-state index < -0.39 is 0 Å². The minimum atomic E-state index is 0.0338. The lowest BCUT2D eigenvalue weighted by Gasteiger charge is -2.46. The van der Waals surface area contributed by atoms with E-state index in [4.69, 9.17) is 4.74 Å². The fraction of sp³-hybridized carbons (Fsp3) is 0.652. The number of fused-ring (bicyclic) bond motifs is 1. The SMILES string of the molecule is CCOC[C@H]1CC[C@@H](N2CC(NC(=O)CNc3nn(C)c4ccc(C)cc34)C2)CC1. The minimum absolute atomic E-state index is 0.0338. The molecule has 4 rings (SSSR count). The van der Waals surface area contributed by atoms with Gasteiger partial charge in [-0.3, -0.25) is 14.4 Å². The second kappa shape index (κ2) is 9.35. The van der Waals surface area contributed by atoms with Crippen LogP contribution in [0.3, 0.4) is 0 Å². The van der Waals surface area contributed by atoms with Crippen molar-refractivity contribution < 1.29 is 9.53 Å². The Bertz CT molecular complexity index is 866. The van der Waals surface area contributed by atoms with Gasteiger partial charge in [0.1, 0.15) is 0 Å². The van der Waals surface area contributed by atoms with Crippen LogP contribution >= 0.6 is 0 Å². The van der Waals surface area contributed by atoms with E-state index in [-0.39, 0.29) is 18.5 Å². The van der Waals surface area contributed by atoms with Crippen molar-refractivity contribution in [1.82, 2.24) is 20.0 Å². The molecule has 1 aromatic heterocycles. The first-order chi connectivity index (χ1) is 14.5. The molecule has 164 valence electrons. The van der Waals surface area contributed by atoms with Crippen molar-refractivity contribution in [2.24, 2.45) is 13.0 Å². The van der Waals surface area contributed by atoms with Crippen LogP contribution in [0.25, 0.3) is 10.9 Å². The van der Waals surface area contributed by atoms with Crippen molar-refractivity contribution in [3.05, 3.63) is 23.8 Å². The molecule has 0 spiro atoms.